The maximum Gasteiger partial charge on any atom is 0.223 e. The molecule has 1 unspecified atom stereocenters. The molecule has 1 saturated carbocycles. The number of nitrogens with zero attached hydrogens (tertiary/aromatic N) is 1. The van der Waals surface area contributed by atoms with Crippen molar-refractivity contribution in [3.05, 3.63) is 35.4 Å². The van der Waals surface area contributed by atoms with Gasteiger partial charge in [-0.2, -0.15) is 0 Å². The number of amides is 1. The molecule has 1 amide bonds. The number of hydrogen-bond donors (Lipinski definition) is 0. The monoisotopic (exact) mass is 321 g/mol. The van der Waals surface area contributed by atoms with E-state index in [-0.39, 0.29) is 29.5 Å². The summed E-state index contributed by atoms with van der Waals surface area (Å²) in [4.78, 5) is 14.5. The predicted octanol–water partition coefficient (Wildman–Crippen LogP) is 2.11. The van der Waals surface area contributed by atoms with Crippen molar-refractivity contribution in [2.24, 2.45) is 0 Å². The Hall–Kier alpha value is -1.36. The highest BCUT2D eigenvalue weighted by atomic mass is 32.2. The third kappa shape index (κ3) is 3.51. The van der Waals surface area contributed by atoms with E-state index in [2.05, 4.69) is 19.1 Å². The Balaban J connectivity index is 1.65. The van der Waals surface area contributed by atoms with E-state index < -0.39 is 9.84 Å². The van der Waals surface area contributed by atoms with Gasteiger partial charge < -0.3 is 4.90 Å². The lowest BCUT2D eigenvalue weighted by Gasteiger charge is -2.28. The molecule has 22 heavy (non-hydrogen) atoms. The summed E-state index contributed by atoms with van der Waals surface area (Å²) in [6, 6.07) is 8.30. The number of sulfone groups is 1. The van der Waals surface area contributed by atoms with Gasteiger partial charge in [0.25, 0.3) is 0 Å². The average Bonchev–Trinajstić information content (AvgIpc) is 3.22. The molecule has 1 saturated heterocycles. The predicted molar refractivity (Wildman–Crippen MR) is 86.4 cm³/mol. The van der Waals surface area contributed by atoms with Gasteiger partial charge in [0.2, 0.25) is 5.91 Å². The highest BCUT2D eigenvalue weighted by Gasteiger charge is 2.41. The van der Waals surface area contributed by atoms with E-state index in [9.17, 15) is 13.2 Å². The Bertz CT molecular complexity index is 664. The minimum Gasteiger partial charge on any atom is -0.336 e. The van der Waals surface area contributed by atoms with Gasteiger partial charge in [-0.15, -0.1) is 0 Å². The first-order chi connectivity index (χ1) is 10.5. The number of aryl methyl sites for hydroxylation is 2. The van der Waals surface area contributed by atoms with Gasteiger partial charge >= 0.3 is 0 Å². The van der Waals surface area contributed by atoms with Gasteiger partial charge in [0.1, 0.15) is 0 Å². The molecule has 2 aliphatic rings. The Labute approximate surface area is 132 Å². The first-order valence-electron chi connectivity index (χ1n) is 8.02. The van der Waals surface area contributed by atoms with Crippen molar-refractivity contribution in [3.8, 4) is 0 Å². The molecule has 2 fully saturated rings. The zero-order chi connectivity index (χ0) is 15.7. The van der Waals surface area contributed by atoms with Crippen LogP contribution in [0, 0.1) is 6.92 Å². The zero-order valence-corrected chi connectivity index (χ0v) is 13.8. The molecule has 1 aromatic rings. The molecule has 4 nitrogen and oxygen atoms in total. The standard InChI is InChI=1S/C17H23NO3S/c1-13-4-2-3-5-14(13)6-9-17(19)18(15-7-8-15)16-10-11-22(20,21)12-16/h2-5,15-16H,6-12H2,1H3. The van der Waals surface area contributed by atoms with E-state index in [1.165, 1.54) is 11.1 Å². The summed E-state index contributed by atoms with van der Waals surface area (Å²) in [5.41, 5.74) is 2.40. The third-order valence-electron chi connectivity index (χ3n) is 4.70. The molecule has 1 aliphatic heterocycles. The van der Waals surface area contributed by atoms with E-state index in [0.717, 1.165) is 19.3 Å². The Morgan fingerprint density at radius 1 is 1.18 bits per heavy atom. The van der Waals surface area contributed by atoms with Crippen LogP contribution >= 0.6 is 0 Å². The fourth-order valence-electron chi connectivity index (χ4n) is 3.31. The van der Waals surface area contributed by atoms with Crippen LogP contribution in [0.5, 0.6) is 0 Å². The molecule has 0 aromatic heterocycles. The summed E-state index contributed by atoms with van der Waals surface area (Å²) in [5, 5.41) is 0. The van der Waals surface area contributed by atoms with Crippen molar-refractivity contribution in [1.29, 1.82) is 0 Å². The van der Waals surface area contributed by atoms with Gasteiger partial charge in [-0.25, -0.2) is 8.42 Å². The second kappa shape index (κ2) is 6.03. The van der Waals surface area contributed by atoms with E-state index in [1.54, 1.807) is 0 Å². The van der Waals surface area contributed by atoms with Crippen LogP contribution < -0.4 is 0 Å². The van der Waals surface area contributed by atoms with E-state index in [4.69, 9.17) is 0 Å². The molecule has 120 valence electrons. The molecular weight excluding hydrogens is 298 g/mol. The van der Waals surface area contributed by atoms with Gasteiger partial charge in [-0.05, 0) is 43.7 Å². The number of hydrogen-bond acceptors (Lipinski definition) is 3. The van der Waals surface area contributed by atoms with Gasteiger partial charge in [0.15, 0.2) is 9.84 Å². The van der Waals surface area contributed by atoms with E-state index in [1.807, 2.05) is 17.0 Å². The number of rotatable bonds is 5. The largest absolute Gasteiger partial charge is 0.336 e. The molecule has 0 bridgehead atoms. The minimum atomic E-state index is -2.95. The molecule has 0 spiro atoms. The second-order valence-electron chi connectivity index (χ2n) is 6.52. The lowest BCUT2D eigenvalue weighted by atomic mass is 10.0. The van der Waals surface area contributed by atoms with Crippen molar-refractivity contribution in [3.63, 3.8) is 0 Å². The average molecular weight is 321 g/mol. The maximum atomic E-state index is 12.6. The van der Waals surface area contributed by atoms with Crippen molar-refractivity contribution in [1.82, 2.24) is 4.90 Å². The summed E-state index contributed by atoms with van der Waals surface area (Å²) < 4.78 is 23.4. The summed E-state index contributed by atoms with van der Waals surface area (Å²) in [7, 11) is -2.95. The van der Waals surface area contributed by atoms with Crippen molar-refractivity contribution in [2.45, 2.75) is 51.1 Å². The molecule has 0 N–H and O–H groups in total. The zero-order valence-electron chi connectivity index (χ0n) is 13.0. The molecule has 1 aliphatic carbocycles. The lowest BCUT2D eigenvalue weighted by molar-refractivity contribution is -0.133. The number of carbonyl (C=O) groups is 1. The van der Waals surface area contributed by atoms with Crippen LogP contribution in [0.2, 0.25) is 0 Å². The summed E-state index contributed by atoms with van der Waals surface area (Å²) in [6.45, 7) is 2.06. The summed E-state index contributed by atoms with van der Waals surface area (Å²) >= 11 is 0. The highest BCUT2D eigenvalue weighted by molar-refractivity contribution is 7.91. The van der Waals surface area contributed by atoms with Crippen LogP contribution in [-0.2, 0) is 21.1 Å². The number of benzene rings is 1. The first-order valence-corrected chi connectivity index (χ1v) is 9.84. The van der Waals surface area contributed by atoms with Crippen LogP contribution in [0.3, 0.4) is 0 Å². The smallest absolute Gasteiger partial charge is 0.223 e. The molecule has 1 atom stereocenters. The van der Waals surface area contributed by atoms with Crippen LogP contribution in [0.1, 0.15) is 36.8 Å². The van der Waals surface area contributed by atoms with Crippen molar-refractivity contribution >= 4 is 15.7 Å². The summed E-state index contributed by atoms with van der Waals surface area (Å²) in [5.74, 6) is 0.499. The molecule has 3 rings (SSSR count). The van der Waals surface area contributed by atoms with Gasteiger partial charge in [0.05, 0.1) is 11.5 Å². The lowest BCUT2D eigenvalue weighted by Crippen LogP contribution is -2.42. The molecular formula is C17H23NO3S. The van der Waals surface area contributed by atoms with Gasteiger partial charge in [-0.3, -0.25) is 4.79 Å². The van der Waals surface area contributed by atoms with Crippen LogP contribution in [0.4, 0.5) is 0 Å². The van der Waals surface area contributed by atoms with E-state index in [0.29, 0.717) is 12.8 Å². The second-order valence-corrected chi connectivity index (χ2v) is 8.74. The SMILES string of the molecule is Cc1ccccc1CCC(=O)N(C1CC1)C1CCS(=O)(=O)C1. The van der Waals surface area contributed by atoms with Crippen LogP contribution in [0.15, 0.2) is 24.3 Å². The normalized spacial score (nSPS) is 23.4. The third-order valence-corrected chi connectivity index (χ3v) is 6.45. The Morgan fingerprint density at radius 2 is 1.91 bits per heavy atom. The Kier molecular flexibility index (Phi) is 4.26. The Morgan fingerprint density at radius 3 is 2.50 bits per heavy atom. The van der Waals surface area contributed by atoms with Gasteiger partial charge in [0, 0.05) is 18.5 Å². The molecule has 1 heterocycles. The fourth-order valence-corrected chi connectivity index (χ4v) is 5.03. The highest BCUT2D eigenvalue weighted by Crippen LogP contribution is 2.33. The molecule has 5 heteroatoms. The van der Waals surface area contributed by atoms with Crippen molar-refractivity contribution in [2.75, 3.05) is 11.5 Å². The fraction of sp³-hybridized carbons (Fsp3) is 0.588. The van der Waals surface area contributed by atoms with Crippen molar-refractivity contribution < 1.29 is 13.2 Å². The van der Waals surface area contributed by atoms with Crippen LogP contribution in [-0.4, -0.2) is 42.8 Å². The minimum absolute atomic E-state index is 0.0955. The quantitative estimate of drug-likeness (QED) is 0.834. The summed E-state index contributed by atoms with van der Waals surface area (Å²) in [6.07, 6.45) is 3.85. The topological polar surface area (TPSA) is 54.5 Å². The molecule has 1 aromatic carbocycles. The molecule has 0 radical (unpaired) electrons. The van der Waals surface area contributed by atoms with Crippen LogP contribution in [0.25, 0.3) is 0 Å². The number of carbonyl (C=O) groups excluding carboxylic acids is 1. The maximum absolute atomic E-state index is 12.6. The van der Waals surface area contributed by atoms with Gasteiger partial charge in [-0.1, -0.05) is 24.3 Å². The first kappa shape index (κ1) is 15.5. The van der Waals surface area contributed by atoms with E-state index >= 15 is 0 Å².